The van der Waals surface area contributed by atoms with Crippen LogP contribution in [-0.2, 0) is 0 Å². The zero-order valence-electron chi connectivity index (χ0n) is 19.7. The number of fused-ring (bicyclic) bond motifs is 1. The molecule has 3 amide bonds. The first-order valence-electron chi connectivity index (χ1n) is 11.4. The fourth-order valence-corrected chi connectivity index (χ4v) is 3.84. The number of aromatic nitrogens is 2. The Hall–Kier alpha value is -5.51. The van der Waals surface area contributed by atoms with Crippen LogP contribution in [0.5, 0.6) is 0 Å². The number of amides is 3. The molecule has 1 aromatic heterocycles. The Bertz CT molecular complexity index is 1650. The smallest absolute Gasteiger partial charge is 0.409 e. The third-order valence-corrected chi connectivity index (χ3v) is 5.70. The highest BCUT2D eigenvalue weighted by atomic mass is 19.1. The number of rotatable bonds is 6. The molecular formula is C28H20FN5O4. The Morgan fingerprint density at radius 3 is 1.84 bits per heavy atom. The van der Waals surface area contributed by atoms with E-state index in [2.05, 4.69) is 21.0 Å². The van der Waals surface area contributed by atoms with Crippen molar-refractivity contribution in [2.24, 2.45) is 0 Å². The van der Waals surface area contributed by atoms with Gasteiger partial charge in [0.05, 0.1) is 17.4 Å². The lowest BCUT2D eigenvalue weighted by atomic mass is 10.2. The molecule has 1 heterocycles. The largest absolute Gasteiger partial charge is 0.465 e. The number of carbonyl (C=O) groups excluding carboxylic acids is 2. The van der Waals surface area contributed by atoms with E-state index in [-0.39, 0.29) is 11.8 Å². The van der Waals surface area contributed by atoms with Gasteiger partial charge in [0.25, 0.3) is 11.8 Å². The van der Waals surface area contributed by atoms with Gasteiger partial charge in [-0.15, -0.1) is 0 Å². The first-order chi connectivity index (χ1) is 18.4. The predicted octanol–water partition coefficient (Wildman–Crippen LogP) is 5.76. The van der Waals surface area contributed by atoms with Crippen molar-refractivity contribution in [1.82, 2.24) is 9.78 Å². The van der Waals surface area contributed by atoms with Crippen LogP contribution in [0.3, 0.4) is 0 Å². The number of hydrogen-bond donors (Lipinski definition) is 4. The maximum absolute atomic E-state index is 13.1. The Morgan fingerprint density at radius 1 is 0.684 bits per heavy atom. The van der Waals surface area contributed by atoms with E-state index in [1.165, 1.54) is 48.5 Å². The average Bonchev–Trinajstić information content (AvgIpc) is 3.33. The summed E-state index contributed by atoms with van der Waals surface area (Å²) in [5.74, 6) is -1.09. The van der Waals surface area contributed by atoms with E-state index in [0.29, 0.717) is 28.2 Å². The van der Waals surface area contributed by atoms with Gasteiger partial charge in [-0.2, -0.15) is 5.10 Å². The van der Waals surface area contributed by atoms with Crippen molar-refractivity contribution in [2.45, 2.75) is 0 Å². The van der Waals surface area contributed by atoms with Crippen molar-refractivity contribution in [2.75, 3.05) is 16.0 Å². The Kier molecular flexibility index (Phi) is 6.51. The maximum atomic E-state index is 13.1. The number of carbonyl (C=O) groups is 3. The molecule has 188 valence electrons. The molecule has 5 rings (SSSR count). The highest BCUT2D eigenvalue weighted by molar-refractivity contribution is 6.05. The summed E-state index contributed by atoms with van der Waals surface area (Å²) < 4.78 is 14.8. The van der Waals surface area contributed by atoms with Crippen LogP contribution in [0.4, 0.5) is 26.2 Å². The van der Waals surface area contributed by atoms with Gasteiger partial charge in [-0.25, -0.2) is 13.9 Å². The first-order valence-corrected chi connectivity index (χ1v) is 11.4. The number of anilines is 3. The average molecular weight is 509 g/mol. The number of carboxylic acid groups (broad SMARTS) is 1. The highest BCUT2D eigenvalue weighted by Gasteiger charge is 2.11. The number of nitrogens with zero attached hydrogens (tertiary/aromatic N) is 2. The van der Waals surface area contributed by atoms with Crippen LogP contribution >= 0.6 is 0 Å². The van der Waals surface area contributed by atoms with Gasteiger partial charge in [-0.1, -0.05) is 0 Å². The van der Waals surface area contributed by atoms with Gasteiger partial charge in [0, 0.05) is 33.6 Å². The molecule has 0 aliphatic carbocycles. The van der Waals surface area contributed by atoms with Gasteiger partial charge in [-0.05, 0) is 91.0 Å². The molecule has 0 atom stereocenters. The summed E-state index contributed by atoms with van der Waals surface area (Å²) >= 11 is 0. The molecule has 9 nitrogen and oxygen atoms in total. The monoisotopic (exact) mass is 509 g/mol. The standard InChI is InChI=1S/C28H20FN5O4/c29-20-5-1-17(2-6-20)27(36)32-23-11-14-25-19(15-23)16-30-34(25)24-12-9-21(10-13-24)31-26(35)18-3-7-22(8-4-18)33-28(37)38/h1-16,33H,(H,31,35)(H,32,36)(H,37,38). The summed E-state index contributed by atoms with van der Waals surface area (Å²) in [6, 6.07) is 23.9. The van der Waals surface area contributed by atoms with Crippen LogP contribution in [0.1, 0.15) is 20.7 Å². The van der Waals surface area contributed by atoms with E-state index in [1.807, 2.05) is 18.2 Å². The van der Waals surface area contributed by atoms with E-state index in [0.717, 1.165) is 16.6 Å². The molecule has 0 unspecified atom stereocenters. The molecule has 4 N–H and O–H groups in total. The summed E-state index contributed by atoms with van der Waals surface area (Å²) in [6.45, 7) is 0. The van der Waals surface area contributed by atoms with E-state index in [4.69, 9.17) is 5.11 Å². The first kappa shape index (κ1) is 24.2. The number of hydrogen-bond acceptors (Lipinski definition) is 4. The van der Waals surface area contributed by atoms with Crippen LogP contribution in [-0.4, -0.2) is 32.8 Å². The van der Waals surface area contributed by atoms with Crippen molar-refractivity contribution in [3.63, 3.8) is 0 Å². The zero-order valence-corrected chi connectivity index (χ0v) is 19.7. The van der Waals surface area contributed by atoms with E-state index in [1.54, 1.807) is 35.1 Å². The van der Waals surface area contributed by atoms with E-state index < -0.39 is 11.9 Å². The third kappa shape index (κ3) is 5.34. The molecule has 0 fully saturated rings. The van der Waals surface area contributed by atoms with Gasteiger partial charge in [0.1, 0.15) is 5.82 Å². The molecular weight excluding hydrogens is 489 g/mol. The Balaban J connectivity index is 1.27. The molecule has 38 heavy (non-hydrogen) atoms. The molecule has 0 saturated heterocycles. The Labute approximate surface area is 215 Å². The molecule has 0 aliphatic heterocycles. The lowest BCUT2D eigenvalue weighted by Crippen LogP contribution is -2.12. The van der Waals surface area contributed by atoms with Gasteiger partial charge in [0.2, 0.25) is 0 Å². The molecule has 0 spiro atoms. The van der Waals surface area contributed by atoms with Crippen LogP contribution in [0.25, 0.3) is 16.6 Å². The van der Waals surface area contributed by atoms with Gasteiger partial charge in [-0.3, -0.25) is 14.9 Å². The normalized spacial score (nSPS) is 10.7. The van der Waals surface area contributed by atoms with E-state index in [9.17, 15) is 18.8 Å². The summed E-state index contributed by atoms with van der Waals surface area (Å²) in [4.78, 5) is 35.7. The summed E-state index contributed by atoms with van der Waals surface area (Å²) in [5.41, 5.74) is 3.84. The summed E-state index contributed by atoms with van der Waals surface area (Å²) in [5, 5.41) is 21.8. The summed E-state index contributed by atoms with van der Waals surface area (Å²) in [6.07, 6.45) is 0.503. The molecule has 0 bridgehead atoms. The molecule has 0 aliphatic rings. The molecule has 10 heteroatoms. The van der Waals surface area contributed by atoms with Crippen molar-refractivity contribution >= 4 is 45.9 Å². The molecule has 0 radical (unpaired) electrons. The van der Waals surface area contributed by atoms with Crippen molar-refractivity contribution in [3.05, 3.63) is 114 Å². The van der Waals surface area contributed by atoms with Crippen molar-refractivity contribution < 1.29 is 23.9 Å². The number of halogens is 1. The fraction of sp³-hybridized carbons (Fsp3) is 0. The molecule has 0 saturated carbocycles. The SMILES string of the molecule is O=C(O)Nc1ccc(C(=O)Nc2ccc(-n3ncc4cc(NC(=O)c5ccc(F)cc5)ccc43)cc2)cc1. The second-order valence-corrected chi connectivity index (χ2v) is 8.30. The quantitative estimate of drug-likeness (QED) is 0.232. The number of nitrogens with one attached hydrogen (secondary N) is 3. The van der Waals surface area contributed by atoms with Crippen molar-refractivity contribution in [3.8, 4) is 5.69 Å². The van der Waals surface area contributed by atoms with E-state index >= 15 is 0 Å². The molecule has 4 aromatic carbocycles. The minimum atomic E-state index is -1.18. The third-order valence-electron chi connectivity index (χ3n) is 5.70. The van der Waals surface area contributed by atoms with Crippen LogP contribution in [0.2, 0.25) is 0 Å². The van der Waals surface area contributed by atoms with Crippen LogP contribution in [0.15, 0.2) is 97.2 Å². The van der Waals surface area contributed by atoms with Gasteiger partial charge >= 0.3 is 6.09 Å². The predicted molar refractivity (Wildman–Crippen MR) is 141 cm³/mol. The van der Waals surface area contributed by atoms with Crippen LogP contribution < -0.4 is 16.0 Å². The second-order valence-electron chi connectivity index (χ2n) is 8.30. The topological polar surface area (TPSA) is 125 Å². The second kappa shape index (κ2) is 10.2. The van der Waals surface area contributed by atoms with Crippen molar-refractivity contribution in [1.29, 1.82) is 0 Å². The minimum Gasteiger partial charge on any atom is -0.465 e. The van der Waals surface area contributed by atoms with Gasteiger partial charge in [0.15, 0.2) is 0 Å². The lowest BCUT2D eigenvalue weighted by Gasteiger charge is -2.09. The zero-order chi connectivity index (χ0) is 26.6. The van der Waals surface area contributed by atoms with Gasteiger partial charge < -0.3 is 15.7 Å². The lowest BCUT2D eigenvalue weighted by molar-refractivity contribution is 0.101. The summed E-state index contributed by atoms with van der Waals surface area (Å²) in [7, 11) is 0. The fourth-order valence-electron chi connectivity index (χ4n) is 3.84. The highest BCUT2D eigenvalue weighted by Crippen LogP contribution is 2.24. The molecule has 5 aromatic rings. The Morgan fingerprint density at radius 2 is 1.21 bits per heavy atom. The minimum absolute atomic E-state index is 0.334. The number of benzene rings is 4. The maximum Gasteiger partial charge on any atom is 0.409 e. The van der Waals surface area contributed by atoms with Crippen LogP contribution in [0, 0.1) is 5.82 Å².